The number of halogens is 1. The number of hydrogen-bond acceptors (Lipinski definition) is 4. The van der Waals surface area contributed by atoms with Gasteiger partial charge in [0.05, 0.1) is 4.90 Å². The summed E-state index contributed by atoms with van der Waals surface area (Å²) in [4.78, 5) is 14.3. The molecule has 3 rings (SSSR count). The number of ether oxygens (including phenoxy) is 1. The molecule has 1 amide bonds. The molecule has 0 radical (unpaired) electrons. The van der Waals surface area contributed by atoms with Crippen molar-refractivity contribution in [2.24, 2.45) is 0 Å². The van der Waals surface area contributed by atoms with Crippen LogP contribution in [0, 0.1) is 6.92 Å². The quantitative estimate of drug-likeness (QED) is 0.776. The summed E-state index contributed by atoms with van der Waals surface area (Å²) in [6, 6.07) is 13.4. The molecule has 6 nitrogen and oxygen atoms in total. The van der Waals surface area contributed by atoms with Crippen LogP contribution in [-0.2, 0) is 14.8 Å². The van der Waals surface area contributed by atoms with Gasteiger partial charge in [0.1, 0.15) is 5.75 Å². The van der Waals surface area contributed by atoms with Gasteiger partial charge in [-0.25, -0.2) is 13.1 Å². The molecule has 8 heteroatoms. The number of carbonyl (C=O) groups is 1. The van der Waals surface area contributed by atoms with Gasteiger partial charge in [0.25, 0.3) is 5.91 Å². The van der Waals surface area contributed by atoms with Crippen LogP contribution in [-0.4, -0.2) is 45.0 Å². The number of sulfonamides is 1. The second kappa shape index (κ2) is 8.94. The zero-order chi connectivity index (χ0) is 20.1. The van der Waals surface area contributed by atoms with Crippen molar-refractivity contribution in [3.8, 4) is 5.75 Å². The standard InChI is InChI=1S/C20H23ClN2O4S/c1-15-2-8-19(9-3-15)28(25,26)22-17-10-12-23(13-11-17)20(24)14-27-18-6-4-16(21)5-7-18/h2-9,17,22H,10-14H2,1H3. The van der Waals surface area contributed by atoms with Gasteiger partial charge in [-0.15, -0.1) is 0 Å². The minimum Gasteiger partial charge on any atom is -0.484 e. The third-order valence-electron chi connectivity index (χ3n) is 4.68. The lowest BCUT2D eigenvalue weighted by molar-refractivity contribution is -0.134. The highest BCUT2D eigenvalue weighted by molar-refractivity contribution is 7.89. The molecule has 2 aromatic rings. The van der Waals surface area contributed by atoms with Crippen LogP contribution < -0.4 is 9.46 Å². The molecule has 1 N–H and O–H groups in total. The van der Waals surface area contributed by atoms with Crippen molar-refractivity contribution in [2.45, 2.75) is 30.7 Å². The molecular formula is C20H23ClN2O4S. The van der Waals surface area contributed by atoms with E-state index in [1.165, 1.54) is 0 Å². The Morgan fingerprint density at radius 3 is 2.32 bits per heavy atom. The first-order valence-corrected chi connectivity index (χ1v) is 10.9. The van der Waals surface area contributed by atoms with E-state index < -0.39 is 10.0 Å². The Kier molecular flexibility index (Phi) is 6.59. The Labute approximate surface area is 170 Å². The summed E-state index contributed by atoms with van der Waals surface area (Å²) < 4.78 is 33.2. The summed E-state index contributed by atoms with van der Waals surface area (Å²) in [5, 5.41) is 0.605. The Morgan fingerprint density at radius 2 is 1.71 bits per heavy atom. The van der Waals surface area contributed by atoms with E-state index in [4.69, 9.17) is 16.3 Å². The molecule has 0 atom stereocenters. The SMILES string of the molecule is Cc1ccc(S(=O)(=O)NC2CCN(C(=O)COc3ccc(Cl)cc3)CC2)cc1. The van der Waals surface area contributed by atoms with Gasteiger partial charge in [-0.05, 0) is 56.2 Å². The topological polar surface area (TPSA) is 75.7 Å². The molecule has 0 aromatic heterocycles. The fourth-order valence-corrected chi connectivity index (χ4v) is 4.45. The zero-order valence-electron chi connectivity index (χ0n) is 15.6. The van der Waals surface area contributed by atoms with Crippen LogP contribution in [0.25, 0.3) is 0 Å². The van der Waals surface area contributed by atoms with Gasteiger partial charge in [0, 0.05) is 24.2 Å². The van der Waals surface area contributed by atoms with Gasteiger partial charge < -0.3 is 9.64 Å². The molecule has 0 unspecified atom stereocenters. The summed E-state index contributed by atoms with van der Waals surface area (Å²) in [6.45, 7) is 2.84. The third kappa shape index (κ3) is 5.47. The van der Waals surface area contributed by atoms with Crippen LogP contribution in [0.15, 0.2) is 53.4 Å². The van der Waals surface area contributed by atoms with Crippen molar-refractivity contribution in [2.75, 3.05) is 19.7 Å². The van der Waals surface area contributed by atoms with Crippen LogP contribution in [0.3, 0.4) is 0 Å². The highest BCUT2D eigenvalue weighted by Gasteiger charge is 2.26. The fraction of sp³-hybridized carbons (Fsp3) is 0.350. The predicted octanol–water partition coefficient (Wildman–Crippen LogP) is 3.00. The molecule has 1 saturated heterocycles. The first kappa shape index (κ1) is 20.6. The maximum absolute atomic E-state index is 12.5. The summed E-state index contributed by atoms with van der Waals surface area (Å²) in [5.74, 6) is 0.466. The average molecular weight is 423 g/mol. The molecule has 0 spiro atoms. The van der Waals surface area contributed by atoms with Gasteiger partial charge in [-0.3, -0.25) is 4.79 Å². The van der Waals surface area contributed by atoms with Gasteiger partial charge in [-0.2, -0.15) is 0 Å². The van der Waals surface area contributed by atoms with Crippen molar-refractivity contribution in [3.05, 3.63) is 59.1 Å². The van der Waals surface area contributed by atoms with Gasteiger partial charge in [-0.1, -0.05) is 29.3 Å². The first-order chi connectivity index (χ1) is 13.3. The lowest BCUT2D eigenvalue weighted by atomic mass is 10.1. The van der Waals surface area contributed by atoms with E-state index in [0.717, 1.165) is 5.56 Å². The molecule has 0 bridgehead atoms. The average Bonchev–Trinajstić information content (AvgIpc) is 2.68. The predicted molar refractivity (Wildman–Crippen MR) is 108 cm³/mol. The summed E-state index contributed by atoms with van der Waals surface area (Å²) in [6.07, 6.45) is 1.13. The Hall–Kier alpha value is -2.09. The fourth-order valence-electron chi connectivity index (χ4n) is 3.02. The molecule has 1 aliphatic rings. The normalized spacial score (nSPS) is 15.4. The molecule has 150 valence electrons. The number of nitrogens with one attached hydrogen (secondary N) is 1. The number of aryl methyl sites for hydroxylation is 1. The lowest BCUT2D eigenvalue weighted by Gasteiger charge is -2.32. The number of carbonyl (C=O) groups excluding carboxylic acids is 1. The van der Waals surface area contributed by atoms with Crippen molar-refractivity contribution in [3.63, 3.8) is 0 Å². The van der Waals surface area contributed by atoms with E-state index in [-0.39, 0.29) is 23.5 Å². The van der Waals surface area contributed by atoms with Crippen molar-refractivity contribution in [1.29, 1.82) is 0 Å². The summed E-state index contributed by atoms with van der Waals surface area (Å²) in [5.41, 5.74) is 1.01. The van der Waals surface area contributed by atoms with Crippen LogP contribution in [0.4, 0.5) is 0 Å². The first-order valence-electron chi connectivity index (χ1n) is 9.09. The van der Waals surface area contributed by atoms with E-state index in [9.17, 15) is 13.2 Å². The maximum Gasteiger partial charge on any atom is 0.260 e. The number of nitrogens with zero attached hydrogens (tertiary/aromatic N) is 1. The minimum atomic E-state index is -3.55. The van der Waals surface area contributed by atoms with E-state index >= 15 is 0 Å². The Bertz CT molecular complexity index is 906. The van der Waals surface area contributed by atoms with E-state index in [0.29, 0.717) is 36.7 Å². The second-order valence-electron chi connectivity index (χ2n) is 6.83. The molecule has 0 saturated carbocycles. The van der Waals surface area contributed by atoms with Crippen LogP contribution in [0.5, 0.6) is 5.75 Å². The summed E-state index contributed by atoms with van der Waals surface area (Å²) >= 11 is 5.82. The minimum absolute atomic E-state index is 0.0542. The molecule has 0 aliphatic carbocycles. The lowest BCUT2D eigenvalue weighted by Crippen LogP contribution is -2.47. The molecule has 2 aromatic carbocycles. The van der Waals surface area contributed by atoms with Crippen molar-refractivity contribution < 1.29 is 17.9 Å². The molecule has 28 heavy (non-hydrogen) atoms. The number of benzene rings is 2. The maximum atomic E-state index is 12.5. The second-order valence-corrected chi connectivity index (χ2v) is 8.98. The molecular weight excluding hydrogens is 400 g/mol. The number of amides is 1. The highest BCUT2D eigenvalue weighted by atomic mass is 35.5. The molecule has 1 heterocycles. The van der Waals surface area contributed by atoms with Crippen molar-refractivity contribution >= 4 is 27.5 Å². The van der Waals surface area contributed by atoms with E-state index in [2.05, 4.69) is 4.72 Å². The Morgan fingerprint density at radius 1 is 1.11 bits per heavy atom. The van der Waals surface area contributed by atoms with Crippen LogP contribution in [0.1, 0.15) is 18.4 Å². The van der Waals surface area contributed by atoms with Gasteiger partial charge >= 0.3 is 0 Å². The monoisotopic (exact) mass is 422 g/mol. The zero-order valence-corrected chi connectivity index (χ0v) is 17.2. The molecule has 1 aliphatic heterocycles. The number of hydrogen-bond donors (Lipinski definition) is 1. The van der Waals surface area contributed by atoms with Crippen LogP contribution in [0.2, 0.25) is 5.02 Å². The van der Waals surface area contributed by atoms with Crippen LogP contribution >= 0.6 is 11.6 Å². The van der Waals surface area contributed by atoms with Gasteiger partial charge in [0.2, 0.25) is 10.0 Å². The number of piperidine rings is 1. The Balaban J connectivity index is 1.47. The number of rotatable bonds is 6. The van der Waals surface area contributed by atoms with Gasteiger partial charge in [0.15, 0.2) is 6.61 Å². The largest absolute Gasteiger partial charge is 0.484 e. The highest BCUT2D eigenvalue weighted by Crippen LogP contribution is 2.18. The smallest absolute Gasteiger partial charge is 0.260 e. The third-order valence-corrected chi connectivity index (χ3v) is 6.47. The molecule has 1 fully saturated rings. The summed E-state index contributed by atoms with van der Waals surface area (Å²) in [7, 11) is -3.55. The van der Waals surface area contributed by atoms with E-state index in [1.807, 2.05) is 6.92 Å². The number of likely N-dealkylation sites (tertiary alicyclic amines) is 1. The van der Waals surface area contributed by atoms with E-state index in [1.54, 1.807) is 53.4 Å². The van der Waals surface area contributed by atoms with Crippen molar-refractivity contribution in [1.82, 2.24) is 9.62 Å².